The lowest BCUT2D eigenvalue weighted by Gasteiger charge is -1.95. The summed E-state index contributed by atoms with van der Waals surface area (Å²) < 4.78 is 4.74. The lowest BCUT2D eigenvalue weighted by Crippen LogP contribution is -1.94. The lowest BCUT2D eigenvalue weighted by atomic mass is 10.4. The molecule has 1 aromatic heterocycles. The van der Waals surface area contributed by atoms with Crippen molar-refractivity contribution in [3.8, 4) is 6.01 Å². The van der Waals surface area contributed by atoms with Crippen molar-refractivity contribution in [2.75, 3.05) is 7.11 Å². The predicted octanol–water partition coefficient (Wildman–Crippen LogP) is 0.293. The van der Waals surface area contributed by atoms with E-state index >= 15 is 0 Å². The summed E-state index contributed by atoms with van der Waals surface area (Å²) in [5.74, 6) is 0. The molecule has 1 rings (SSSR count). The molecule has 0 bridgehead atoms. The highest BCUT2D eigenvalue weighted by Gasteiger charge is 1.94. The molecule has 0 unspecified atom stereocenters. The number of nitrogens with zero attached hydrogens (tertiary/aromatic N) is 3. The monoisotopic (exact) mass is 153 g/mol. The topological polar surface area (TPSA) is 67.6 Å². The quantitative estimate of drug-likeness (QED) is 0.376. The molecular formula is C6H7N3O2. The van der Waals surface area contributed by atoms with Crippen LogP contribution in [0.25, 0.3) is 0 Å². The van der Waals surface area contributed by atoms with Crippen LogP contribution in [0, 0.1) is 0 Å². The number of hydrogen-bond donors (Lipinski definition) is 1. The molecule has 1 N–H and O–H groups in total. The van der Waals surface area contributed by atoms with Crippen molar-refractivity contribution < 1.29 is 9.94 Å². The number of hydrogen-bond acceptors (Lipinski definition) is 5. The van der Waals surface area contributed by atoms with Crippen LogP contribution >= 0.6 is 0 Å². The third kappa shape index (κ3) is 1.89. The van der Waals surface area contributed by atoms with Crippen LogP contribution in [0.4, 0.5) is 0 Å². The molecule has 0 fully saturated rings. The molecule has 0 saturated heterocycles. The van der Waals surface area contributed by atoms with Crippen LogP contribution in [0.2, 0.25) is 0 Å². The Kier molecular flexibility index (Phi) is 2.37. The van der Waals surface area contributed by atoms with Crippen LogP contribution in [-0.4, -0.2) is 28.5 Å². The van der Waals surface area contributed by atoms with Crippen LogP contribution in [0.1, 0.15) is 5.69 Å². The first-order valence-electron chi connectivity index (χ1n) is 2.91. The van der Waals surface area contributed by atoms with Gasteiger partial charge in [-0.3, -0.25) is 0 Å². The van der Waals surface area contributed by atoms with Crippen molar-refractivity contribution in [3.05, 3.63) is 18.0 Å². The fourth-order valence-corrected chi connectivity index (χ4v) is 0.583. The number of oxime groups is 1. The molecular weight excluding hydrogens is 146 g/mol. The fourth-order valence-electron chi connectivity index (χ4n) is 0.583. The second kappa shape index (κ2) is 3.50. The van der Waals surface area contributed by atoms with E-state index in [1.165, 1.54) is 19.5 Å². The number of ether oxygens (including phenoxy) is 1. The summed E-state index contributed by atoms with van der Waals surface area (Å²) in [7, 11) is 1.47. The second-order valence-electron chi connectivity index (χ2n) is 1.71. The zero-order chi connectivity index (χ0) is 8.10. The average molecular weight is 153 g/mol. The molecule has 0 aliphatic heterocycles. The van der Waals surface area contributed by atoms with Gasteiger partial charge in [-0.25, -0.2) is 4.98 Å². The molecule has 0 aliphatic rings. The van der Waals surface area contributed by atoms with E-state index in [0.29, 0.717) is 5.69 Å². The Morgan fingerprint density at radius 3 is 3.18 bits per heavy atom. The maximum atomic E-state index is 8.15. The normalized spacial score (nSPS) is 10.3. The van der Waals surface area contributed by atoms with E-state index in [4.69, 9.17) is 9.94 Å². The van der Waals surface area contributed by atoms with Crippen LogP contribution in [0.15, 0.2) is 17.4 Å². The molecule has 0 spiro atoms. The van der Waals surface area contributed by atoms with Crippen molar-refractivity contribution in [2.24, 2.45) is 5.16 Å². The minimum Gasteiger partial charge on any atom is -0.467 e. The van der Waals surface area contributed by atoms with Gasteiger partial charge in [0.2, 0.25) is 0 Å². The van der Waals surface area contributed by atoms with Crippen LogP contribution in [0.5, 0.6) is 6.01 Å². The maximum Gasteiger partial charge on any atom is 0.316 e. The Balaban J connectivity index is 2.91. The van der Waals surface area contributed by atoms with E-state index in [0.717, 1.165) is 0 Å². The van der Waals surface area contributed by atoms with Gasteiger partial charge in [0.1, 0.15) is 0 Å². The van der Waals surface area contributed by atoms with E-state index in [1.807, 2.05) is 0 Å². The first kappa shape index (κ1) is 7.46. The summed E-state index contributed by atoms with van der Waals surface area (Å²) in [5, 5.41) is 11.0. The van der Waals surface area contributed by atoms with Crippen LogP contribution in [-0.2, 0) is 0 Å². The summed E-state index contributed by atoms with van der Waals surface area (Å²) >= 11 is 0. The molecule has 0 amide bonds. The SMILES string of the molecule is COc1nccc(C=NO)n1. The average Bonchev–Trinajstić information content (AvgIpc) is 2.06. The Morgan fingerprint density at radius 2 is 2.55 bits per heavy atom. The maximum absolute atomic E-state index is 8.15. The van der Waals surface area contributed by atoms with Crippen molar-refractivity contribution in [3.63, 3.8) is 0 Å². The summed E-state index contributed by atoms with van der Waals surface area (Å²) in [6, 6.07) is 1.85. The van der Waals surface area contributed by atoms with Crippen molar-refractivity contribution >= 4 is 6.21 Å². The summed E-state index contributed by atoms with van der Waals surface area (Å²) in [6.07, 6.45) is 2.72. The predicted molar refractivity (Wildman–Crippen MR) is 38.0 cm³/mol. The molecule has 5 nitrogen and oxygen atoms in total. The van der Waals surface area contributed by atoms with E-state index < -0.39 is 0 Å². The molecule has 0 saturated carbocycles. The molecule has 1 aromatic rings. The van der Waals surface area contributed by atoms with Crippen molar-refractivity contribution in [1.82, 2.24) is 9.97 Å². The van der Waals surface area contributed by atoms with Gasteiger partial charge in [0.05, 0.1) is 19.0 Å². The van der Waals surface area contributed by atoms with Gasteiger partial charge in [0.15, 0.2) is 0 Å². The molecule has 1 heterocycles. The Hall–Kier alpha value is -1.65. The summed E-state index contributed by atoms with van der Waals surface area (Å²) in [5.41, 5.74) is 0.499. The van der Waals surface area contributed by atoms with E-state index in [1.54, 1.807) is 6.07 Å². The van der Waals surface area contributed by atoms with Crippen molar-refractivity contribution in [2.45, 2.75) is 0 Å². The van der Waals surface area contributed by atoms with Gasteiger partial charge in [0.25, 0.3) is 0 Å². The first-order valence-corrected chi connectivity index (χ1v) is 2.91. The zero-order valence-corrected chi connectivity index (χ0v) is 5.93. The van der Waals surface area contributed by atoms with Crippen LogP contribution in [0.3, 0.4) is 0 Å². The Morgan fingerprint density at radius 1 is 1.73 bits per heavy atom. The van der Waals surface area contributed by atoms with E-state index in [-0.39, 0.29) is 6.01 Å². The van der Waals surface area contributed by atoms with Gasteiger partial charge in [-0.05, 0) is 6.07 Å². The third-order valence-electron chi connectivity index (χ3n) is 1.03. The summed E-state index contributed by atoms with van der Waals surface area (Å²) in [4.78, 5) is 7.60. The number of aromatic nitrogens is 2. The fraction of sp³-hybridized carbons (Fsp3) is 0.167. The van der Waals surface area contributed by atoms with Gasteiger partial charge in [-0.1, -0.05) is 5.16 Å². The number of methoxy groups -OCH3 is 1. The van der Waals surface area contributed by atoms with Gasteiger partial charge in [-0.15, -0.1) is 0 Å². The zero-order valence-electron chi connectivity index (χ0n) is 5.93. The third-order valence-corrected chi connectivity index (χ3v) is 1.03. The molecule has 11 heavy (non-hydrogen) atoms. The van der Waals surface area contributed by atoms with Crippen LogP contribution < -0.4 is 4.74 Å². The first-order chi connectivity index (χ1) is 5.36. The van der Waals surface area contributed by atoms with E-state index in [2.05, 4.69) is 15.1 Å². The Labute approximate surface area is 63.4 Å². The molecule has 0 atom stereocenters. The molecule has 0 radical (unpaired) electrons. The van der Waals surface area contributed by atoms with Gasteiger partial charge in [0, 0.05) is 6.20 Å². The molecule has 0 aromatic carbocycles. The standard InChI is InChI=1S/C6H7N3O2/c1-11-6-7-3-2-5(9-6)4-8-10/h2-4,10H,1H3. The van der Waals surface area contributed by atoms with Crippen molar-refractivity contribution in [1.29, 1.82) is 0 Å². The minimum atomic E-state index is 0.252. The largest absolute Gasteiger partial charge is 0.467 e. The minimum absolute atomic E-state index is 0.252. The lowest BCUT2D eigenvalue weighted by molar-refractivity contribution is 0.321. The smallest absolute Gasteiger partial charge is 0.316 e. The Bertz CT molecular complexity index is 262. The number of rotatable bonds is 2. The molecule has 58 valence electrons. The summed E-state index contributed by atoms with van der Waals surface area (Å²) in [6.45, 7) is 0. The van der Waals surface area contributed by atoms with Gasteiger partial charge >= 0.3 is 6.01 Å². The highest BCUT2D eigenvalue weighted by atomic mass is 16.5. The molecule has 5 heteroatoms. The van der Waals surface area contributed by atoms with E-state index in [9.17, 15) is 0 Å². The molecule has 0 aliphatic carbocycles. The highest BCUT2D eigenvalue weighted by Crippen LogP contribution is 1.98. The highest BCUT2D eigenvalue weighted by molar-refractivity contribution is 5.76. The second-order valence-corrected chi connectivity index (χ2v) is 1.71. The van der Waals surface area contributed by atoms with Gasteiger partial charge < -0.3 is 9.94 Å². The van der Waals surface area contributed by atoms with Gasteiger partial charge in [-0.2, -0.15) is 4.98 Å².